The van der Waals surface area contributed by atoms with Crippen molar-refractivity contribution in [3.8, 4) is 0 Å². The molecule has 0 spiro atoms. The van der Waals surface area contributed by atoms with Gasteiger partial charge < -0.3 is 4.90 Å². The molecule has 1 unspecified atom stereocenters. The summed E-state index contributed by atoms with van der Waals surface area (Å²) >= 11 is 0. The zero-order chi connectivity index (χ0) is 13.9. The fourth-order valence-electron chi connectivity index (χ4n) is 2.68. The molecule has 0 aliphatic carbocycles. The third-order valence-corrected chi connectivity index (χ3v) is 3.67. The van der Waals surface area contributed by atoms with Crippen LogP contribution in [0.15, 0.2) is 36.9 Å². The quantitative estimate of drug-likeness (QED) is 0.837. The van der Waals surface area contributed by atoms with E-state index in [1.807, 2.05) is 30.2 Å². The summed E-state index contributed by atoms with van der Waals surface area (Å²) in [6.45, 7) is 2.57. The predicted octanol–water partition coefficient (Wildman–Crippen LogP) is 2.16. The van der Waals surface area contributed by atoms with E-state index in [1.54, 1.807) is 18.6 Å². The molecule has 1 saturated heterocycles. The number of pyridine rings is 1. The summed E-state index contributed by atoms with van der Waals surface area (Å²) in [6, 6.07) is 4.02. The van der Waals surface area contributed by atoms with Gasteiger partial charge in [0.05, 0.1) is 11.7 Å². The Kier molecular flexibility index (Phi) is 3.41. The van der Waals surface area contributed by atoms with Crippen molar-refractivity contribution < 1.29 is 4.79 Å². The van der Waals surface area contributed by atoms with Crippen LogP contribution in [0.4, 0.5) is 0 Å². The zero-order valence-electron chi connectivity index (χ0n) is 11.4. The molecule has 0 saturated carbocycles. The second-order valence-electron chi connectivity index (χ2n) is 4.93. The molecule has 0 bridgehead atoms. The lowest BCUT2D eigenvalue weighted by Gasteiger charge is -2.24. The van der Waals surface area contributed by atoms with Gasteiger partial charge in [0.25, 0.3) is 5.91 Å². The molecule has 1 amide bonds. The zero-order valence-corrected chi connectivity index (χ0v) is 11.4. The maximum atomic E-state index is 12.7. The van der Waals surface area contributed by atoms with Crippen molar-refractivity contribution in [3.63, 3.8) is 0 Å². The minimum absolute atomic E-state index is 0.0399. The van der Waals surface area contributed by atoms with Crippen molar-refractivity contribution in [2.45, 2.75) is 25.8 Å². The highest BCUT2D eigenvalue weighted by atomic mass is 16.2. The fraction of sp³-hybridized carbons (Fsp3) is 0.333. The third-order valence-electron chi connectivity index (χ3n) is 3.67. The number of aryl methyl sites for hydroxylation is 1. The highest BCUT2D eigenvalue weighted by molar-refractivity contribution is 5.93. The van der Waals surface area contributed by atoms with E-state index in [4.69, 9.17) is 0 Å². The summed E-state index contributed by atoms with van der Waals surface area (Å²) in [4.78, 5) is 27.0. The van der Waals surface area contributed by atoms with E-state index in [0.717, 1.165) is 24.9 Å². The number of hydrogen-bond donors (Lipinski definition) is 0. The summed E-state index contributed by atoms with van der Waals surface area (Å²) in [5.74, 6) is -0.0399. The number of aromatic nitrogens is 3. The summed E-state index contributed by atoms with van der Waals surface area (Å²) < 4.78 is 0. The summed E-state index contributed by atoms with van der Waals surface area (Å²) in [5.41, 5.74) is 2.21. The second-order valence-corrected chi connectivity index (χ2v) is 4.93. The number of nitrogens with zero attached hydrogens (tertiary/aromatic N) is 4. The van der Waals surface area contributed by atoms with E-state index in [1.165, 1.54) is 0 Å². The topological polar surface area (TPSA) is 59.0 Å². The van der Waals surface area contributed by atoms with Gasteiger partial charge >= 0.3 is 0 Å². The first-order valence-electron chi connectivity index (χ1n) is 6.76. The van der Waals surface area contributed by atoms with Crippen LogP contribution in [-0.2, 0) is 0 Å². The van der Waals surface area contributed by atoms with Crippen LogP contribution in [0.5, 0.6) is 0 Å². The molecule has 5 heteroatoms. The molecule has 3 rings (SSSR count). The molecule has 20 heavy (non-hydrogen) atoms. The lowest BCUT2D eigenvalue weighted by atomic mass is 10.1. The largest absolute Gasteiger partial charge is 0.330 e. The Morgan fingerprint density at radius 3 is 2.90 bits per heavy atom. The van der Waals surface area contributed by atoms with Crippen molar-refractivity contribution >= 4 is 5.91 Å². The Labute approximate surface area is 117 Å². The van der Waals surface area contributed by atoms with Crippen LogP contribution in [0.3, 0.4) is 0 Å². The van der Waals surface area contributed by atoms with Crippen LogP contribution >= 0.6 is 0 Å². The number of rotatable bonds is 2. The SMILES string of the molecule is Cc1nccnc1C(=O)N1CCCC1c1cccnc1. The van der Waals surface area contributed by atoms with Crippen molar-refractivity contribution in [3.05, 3.63) is 53.9 Å². The molecule has 1 aliphatic rings. The van der Waals surface area contributed by atoms with Crippen LogP contribution in [0.1, 0.15) is 40.6 Å². The van der Waals surface area contributed by atoms with Gasteiger partial charge in [-0.15, -0.1) is 0 Å². The second kappa shape index (κ2) is 5.36. The Bertz CT molecular complexity index is 614. The lowest BCUT2D eigenvalue weighted by Crippen LogP contribution is -2.32. The predicted molar refractivity (Wildman–Crippen MR) is 74.0 cm³/mol. The first-order valence-corrected chi connectivity index (χ1v) is 6.76. The molecule has 3 heterocycles. The lowest BCUT2D eigenvalue weighted by molar-refractivity contribution is 0.0728. The van der Waals surface area contributed by atoms with Gasteiger partial charge in [0.15, 0.2) is 0 Å². The molecule has 0 N–H and O–H groups in total. The third kappa shape index (κ3) is 2.27. The van der Waals surface area contributed by atoms with E-state index >= 15 is 0 Å². The number of likely N-dealkylation sites (tertiary alicyclic amines) is 1. The minimum Gasteiger partial charge on any atom is -0.330 e. The normalized spacial score (nSPS) is 18.2. The van der Waals surface area contributed by atoms with Crippen LogP contribution in [0.2, 0.25) is 0 Å². The smallest absolute Gasteiger partial charge is 0.274 e. The van der Waals surface area contributed by atoms with E-state index in [-0.39, 0.29) is 11.9 Å². The molecule has 2 aromatic heterocycles. The fourth-order valence-corrected chi connectivity index (χ4v) is 2.68. The summed E-state index contributed by atoms with van der Waals surface area (Å²) in [7, 11) is 0. The van der Waals surface area contributed by atoms with Crippen LogP contribution in [0, 0.1) is 6.92 Å². The number of amides is 1. The Morgan fingerprint density at radius 1 is 1.30 bits per heavy atom. The number of carbonyl (C=O) groups excluding carboxylic acids is 1. The van der Waals surface area contributed by atoms with Crippen molar-refractivity contribution in [2.75, 3.05) is 6.54 Å². The van der Waals surface area contributed by atoms with Gasteiger partial charge in [-0.3, -0.25) is 14.8 Å². The molecule has 1 fully saturated rings. The summed E-state index contributed by atoms with van der Waals surface area (Å²) in [5, 5.41) is 0. The molecule has 0 aromatic carbocycles. The van der Waals surface area contributed by atoms with Crippen LogP contribution in [0.25, 0.3) is 0 Å². The van der Waals surface area contributed by atoms with Crippen molar-refractivity contribution in [1.29, 1.82) is 0 Å². The summed E-state index contributed by atoms with van der Waals surface area (Å²) in [6.07, 6.45) is 8.72. The van der Waals surface area contributed by atoms with Crippen molar-refractivity contribution in [2.24, 2.45) is 0 Å². The van der Waals surface area contributed by atoms with Gasteiger partial charge in [0.1, 0.15) is 5.69 Å². The van der Waals surface area contributed by atoms with Gasteiger partial charge in [-0.1, -0.05) is 6.07 Å². The Hall–Kier alpha value is -2.30. The van der Waals surface area contributed by atoms with Crippen molar-refractivity contribution in [1.82, 2.24) is 19.9 Å². The van der Waals surface area contributed by atoms with E-state index in [9.17, 15) is 4.79 Å². The van der Waals surface area contributed by atoms with E-state index in [2.05, 4.69) is 15.0 Å². The number of hydrogen-bond acceptors (Lipinski definition) is 4. The van der Waals surface area contributed by atoms with Crippen LogP contribution in [-0.4, -0.2) is 32.3 Å². The average molecular weight is 268 g/mol. The molecular weight excluding hydrogens is 252 g/mol. The molecular formula is C15H16N4O. The maximum absolute atomic E-state index is 12.7. The average Bonchev–Trinajstić information content (AvgIpc) is 2.97. The minimum atomic E-state index is -0.0399. The molecule has 5 nitrogen and oxygen atoms in total. The highest BCUT2D eigenvalue weighted by Gasteiger charge is 2.32. The molecule has 2 aromatic rings. The Balaban J connectivity index is 1.90. The van der Waals surface area contributed by atoms with Gasteiger partial charge in [-0.05, 0) is 31.4 Å². The molecule has 102 valence electrons. The standard InChI is InChI=1S/C15H16N4O/c1-11-14(18-8-7-17-11)15(20)19-9-3-5-13(19)12-4-2-6-16-10-12/h2,4,6-8,10,13H,3,5,9H2,1H3. The maximum Gasteiger partial charge on any atom is 0.274 e. The van der Waals surface area contributed by atoms with Gasteiger partial charge in [0.2, 0.25) is 0 Å². The molecule has 1 aliphatic heterocycles. The van der Waals surface area contributed by atoms with Gasteiger partial charge in [-0.25, -0.2) is 4.98 Å². The number of carbonyl (C=O) groups is 1. The monoisotopic (exact) mass is 268 g/mol. The van der Waals surface area contributed by atoms with E-state index in [0.29, 0.717) is 11.4 Å². The van der Waals surface area contributed by atoms with Gasteiger partial charge in [-0.2, -0.15) is 0 Å². The first-order chi connectivity index (χ1) is 9.77. The van der Waals surface area contributed by atoms with Crippen LogP contribution < -0.4 is 0 Å². The highest BCUT2D eigenvalue weighted by Crippen LogP contribution is 2.32. The first kappa shape index (κ1) is 12.7. The molecule has 0 radical (unpaired) electrons. The van der Waals surface area contributed by atoms with E-state index < -0.39 is 0 Å². The van der Waals surface area contributed by atoms with Gasteiger partial charge in [0, 0.05) is 31.3 Å². The molecule has 1 atom stereocenters. The Morgan fingerprint density at radius 2 is 2.15 bits per heavy atom.